The van der Waals surface area contributed by atoms with E-state index < -0.39 is 0 Å². The fourth-order valence-corrected chi connectivity index (χ4v) is 2.80. The zero-order valence-electron chi connectivity index (χ0n) is 13.1. The first kappa shape index (κ1) is 18.0. The number of amides is 1. The highest BCUT2D eigenvalue weighted by Crippen LogP contribution is 2.29. The summed E-state index contributed by atoms with van der Waals surface area (Å²) < 4.78 is 5.32. The van der Waals surface area contributed by atoms with Gasteiger partial charge in [-0.05, 0) is 24.8 Å². The third-order valence-electron chi connectivity index (χ3n) is 4.34. The molecule has 0 spiro atoms. The van der Waals surface area contributed by atoms with Gasteiger partial charge in [-0.1, -0.05) is 25.9 Å². The highest BCUT2D eigenvalue weighted by Gasteiger charge is 2.35. The topological polar surface area (TPSA) is 72.4 Å². The van der Waals surface area contributed by atoms with Crippen LogP contribution in [0, 0.1) is 5.41 Å². The van der Waals surface area contributed by atoms with Gasteiger partial charge in [0.15, 0.2) is 0 Å². The molecule has 1 amide bonds. The molecule has 2 heterocycles. The van der Waals surface area contributed by atoms with Crippen molar-refractivity contribution in [2.75, 3.05) is 19.6 Å². The summed E-state index contributed by atoms with van der Waals surface area (Å²) in [5.74, 6) is 1.01. The Morgan fingerprint density at radius 1 is 1.43 bits per heavy atom. The van der Waals surface area contributed by atoms with Gasteiger partial charge in [0.05, 0.1) is 12.1 Å². The lowest BCUT2D eigenvalue weighted by molar-refractivity contribution is -0.129. The Hall–Kier alpha value is -1.07. The fourth-order valence-electron chi connectivity index (χ4n) is 2.80. The lowest BCUT2D eigenvalue weighted by Crippen LogP contribution is -2.35. The van der Waals surface area contributed by atoms with Crippen molar-refractivity contribution in [3.63, 3.8) is 0 Å². The minimum absolute atomic E-state index is 0. The molecule has 1 saturated heterocycles. The molecule has 0 saturated carbocycles. The van der Waals surface area contributed by atoms with Gasteiger partial charge < -0.3 is 15.2 Å². The van der Waals surface area contributed by atoms with Crippen molar-refractivity contribution in [1.29, 1.82) is 0 Å². The van der Waals surface area contributed by atoms with E-state index in [1.807, 2.05) is 18.7 Å². The first-order valence-corrected chi connectivity index (χ1v) is 7.47. The van der Waals surface area contributed by atoms with Crippen LogP contribution in [0.25, 0.3) is 0 Å². The number of carbonyl (C=O) groups excluding carboxylic acids is 1. The van der Waals surface area contributed by atoms with Gasteiger partial charge in [0.1, 0.15) is 5.76 Å². The lowest BCUT2D eigenvalue weighted by Gasteiger charge is -2.22. The number of hydrogen-bond donors (Lipinski definition) is 1. The third kappa shape index (κ3) is 3.77. The number of aryl methyl sites for hydroxylation is 2. The Kier molecular flexibility index (Phi) is 6.23. The smallest absolute Gasteiger partial charge is 0.227 e. The highest BCUT2D eigenvalue weighted by molar-refractivity contribution is 5.85. The van der Waals surface area contributed by atoms with Crippen LogP contribution in [0.1, 0.15) is 44.2 Å². The molecule has 2 rings (SSSR count). The average Bonchev–Trinajstić information content (AvgIpc) is 3.03. The SMILES string of the molecule is CCc1noc(CC)c1CC(=O)N1CCC(C)(CN)C1.Cl. The highest BCUT2D eigenvalue weighted by atomic mass is 35.5. The van der Waals surface area contributed by atoms with Crippen LogP contribution in [0.4, 0.5) is 0 Å². The van der Waals surface area contributed by atoms with Crippen molar-refractivity contribution in [3.05, 3.63) is 17.0 Å². The van der Waals surface area contributed by atoms with Gasteiger partial charge in [0.2, 0.25) is 5.91 Å². The standard InChI is InChI=1S/C15H25N3O2.ClH/c1-4-12-11(13(5-2)20-17-12)8-14(19)18-7-6-15(3,9-16)10-18;/h4-10,16H2,1-3H3;1H. The second kappa shape index (κ2) is 7.27. The first-order valence-electron chi connectivity index (χ1n) is 7.47. The summed E-state index contributed by atoms with van der Waals surface area (Å²) in [4.78, 5) is 14.4. The fraction of sp³-hybridized carbons (Fsp3) is 0.733. The van der Waals surface area contributed by atoms with Crippen LogP contribution in [-0.2, 0) is 24.1 Å². The Labute approximate surface area is 132 Å². The minimum atomic E-state index is 0. The molecular formula is C15H26ClN3O2. The van der Waals surface area contributed by atoms with E-state index in [0.717, 1.165) is 49.4 Å². The number of likely N-dealkylation sites (tertiary alicyclic amines) is 1. The Bertz CT molecular complexity index is 468. The number of rotatable bonds is 5. The largest absolute Gasteiger partial charge is 0.361 e. The monoisotopic (exact) mass is 315 g/mol. The molecule has 0 aliphatic carbocycles. The van der Waals surface area contributed by atoms with E-state index in [2.05, 4.69) is 12.1 Å². The number of nitrogens with two attached hydrogens (primary N) is 1. The molecule has 1 aliphatic rings. The zero-order chi connectivity index (χ0) is 14.8. The number of aromatic nitrogens is 1. The molecule has 6 heteroatoms. The second-order valence-corrected chi connectivity index (χ2v) is 5.99. The number of carbonyl (C=O) groups is 1. The van der Waals surface area contributed by atoms with Gasteiger partial charge in [-0.15, -0.1) is 12.4 Å². The maximum atomic E-state index is 12.5. The molecular weight excluding hydrogens is 290 g/mol. The Balaban J connectivity index is 0.00000220. The molecule has 1 atom stereocenters. The summed E-state index contributed by atoms with van der Waals surface area (Å²) in [6, 6.07) is 0. The van der Waals surface area contributed by atoms with Crippen molar-refractivity contribution < 1.29 is 9.32 Å². The summed E-state index contributed by atoms with van der Waals surface area (Å²) in [5, 5.41) is 4.06. The number of nitrogens with zero attached hydrogens (tertiary/aromatic N) is 2. The maximum Gasteiger partial charge on any atom is 0.227 e. The van der Waals surface area contributed by atoms with E-state index in [-0.39, 0.29) is 23.7 Å². The van der Waals surface area contributed by atoms with E-state index in [1.165, 1.54) is 0 Å². The molecule has 0 aromatic carbocycles. The van der Waals surface area contributed by atoms with Crippen LogP contribution in [0.15, 0.2) is 4.52 Å². The molecule has 1 aromatic rings. The molecule has 1 unspecified atom stereocenters. The summed E-state index contributed by atoms with van der Waals surface area (Å²) in [6.07, 6.45) is 2.96. The number of halogens is 1. The van der Waals surface area contributed by atoms with E-state index >= 15 is 0 Å². The van der Waals surface area contributed by atoms with E-state index in [0.29, 0.717) is 13.0 Å². The van der Waals surface area contributed by atoms with Crippen LogP contribution >= 0.6 is 12.4 Å². The molecule has 1 aromatic heterocycles. The lowest BCUT2D eigenvalue weighted by atomic mass is 9.90. The van der Waals surface area contributed by atoms with Crippen LogP contribution in [0.2, 0.25) is 0 Å². The van der Waals surface area contributed by atoms with Crippen LogP contribution < -0.4 is 5.73 Å². The molecule has 2 N–H and O–H groups in total. The van der Waals surface area contributed by atoms with Gasteiger partial charge in [-0.3, -0.25) is 4.79 Å². The third-order valence-corrected chi connectivity index (χ3v) is 4.34. The van der Waals surface area contributed by atoms with Crippen LogP contribution in [0.5, 0.6) is 0 Å². The van der Waals surface area contributed by atoms with Gasteiger partial charge in [0, 0.05) is 25.1 Å². The summed E-state index contributed by atoms with van der Waals surface area (Å²) in [6.45, 7) is 8.40. The van der Waals surface area contributed by atoms with Gasteiger partial charge in [-0.25, -0.2) is 0 Å². The van der Waals surface area contributed by atoms with Crippen molar-refractivity contribution in [2.45, 2.75) is 46.5 Å². The Morgan fingerprint density at radius 2 is 2.14 bits per heavy atom. The van der Waals surface area contributed by atoms with Gasteiger partial charge >= 0.3 is 0 Å². The van der Waals surface area contributed by atoms with Gasteiger partial charge in [0.25, 0.3) is 0 Å². The maximum absolute atomic E-state index is 12.5. The molecule has 1 aliphatic heterocycles. The molecule has 120 valence electrons. The predicted molar refractivity (Wildman–Crippen MR) is 84.6 cm³/mol. The van der Waals surface area contributed by atoms with E-state index in [4.69, 9.17) is 10.3 Å². The van der Waals surface area contributed by atoms with Crippen molar-refractivity contribution in [2.24, 2.45) is 11.1 Å². The second-order valence-electron chi connectivity index (χ2n) is 5.99. The molecule has 5 nitrogen and oxygen atoms in total. The predicted octanol–water partition coefficient (Wildman–Crippen LogP) is 1.96. The Morgan fingerprint density at radius 3 is 2.67 bits per heavy atom. The zero-order valence-corrected chi connectivity index (χ0v) is 14.0. The minimum Gasteiger partial charge on any atom is -0.361 e. The van der Waals surface area contributed by atoms with Gasteiger partial charge in [-0.2, -0.15) is 0 Å². The average molecular weight is 316 g/mol. The summed E-state index contributed by atoms with van der Waals surface area (Å²) in [7, 11) is 0. The molecule has 21 heavy (non-hydrogen) atoms. The van der Waals surface area contributed by atoms with Crippen molar-refractivity contribution in [3.8, 4) is 0 Å². The molecule has 0 radical (unpaired) electrons. The number of hydrogen-bond acceptors (Lipinski definition) is 4. The van der Waals surface area contributed by atoms with E-state index in [9.17, 15) is 4.79 Å². The molecule has 0 bridgehead atoms. The molecule has 1 fully saturated rings. The van der Waals surface area contributed by atoms with Crippen molar-refractivity contribution >= 4 is 18.3 Å². The van der Waals surface area contributed by atoms with Crippen LogP contribution in [0.3, 0.4) is 0 Å². The normalized spacial score (nSPS) is 21.4. The van der Waals surface area contributed by atoms with Crippen LogP contribution in [-0.4, -0.2) is 35.6 Å². The quantitative estimate of drug-likeness (QED) is 0.901. The summed E-state index contributed by atoms with van der Waals surface area (Å²) >= 11 is 0. The van der Waals surface area contributed by atoms with E-state index in [1.54, 1.807) is 0 Å². The summed E-state index contributed by atoms with van der Waals surface area (Å²) in [5.41, 5.74) is 7.77. The van der Waals surface area contributed by atoms with Crippen molar-refractivity contribution in [1.82, 2.24) is 10.1 Å². The first-order chi connectivity index (χ1) is 9.53.